The third-order valence-electron chi connectivity index (χ3n) is 2.60. The molecule has 96 valence electrons. The summed E-state index contributed by atoms with van der Waals surface area (Å²) in [7, 11) is 1.58. The number of nitrogens with one attached hydrogen (secondary N) is 1. The number of hydrogen-bond donors (Lipinski definition) is 1. The Bertz CT molecular complexity index is 605. The number of hydrogen-bond acceptors (Lipinski definition) is 4. The van der Waals surface area contributed by atoms with E-state index in [2.05, 4.69) is 32.3 Å². The van der Waals surface area contributed by atoms with Gasteiger partial charge in [-0.25, -0.2) is 0 Å². The van der Waals surface area contributed by atoms with Crippen molar-refractivity contribution in [2.45, 2.75) is 6.54 Å². The van der Waals surface area contributed by atoms with Crippen LogP contribution in [0, 0.1) is 11.3 Å². The number of pyridine rings is 1. The van der Waals surface area contributed by atoms with Gasteiger partial charge in [-0.2, -0.15) is 5.26 Å². The number of para-hydroxylation sites is 1. The maximum atomic E-state index is 9.10. The topological polar surface area (TPSA) is 57.9 Å². The zero-order chi connectivity index (χ0) is 13.7. The molecule has 0 spiro atoms. The number of nitriles is 1. The lowest BCUT2D eigenvalue weighted by Gasteiger charge is -2.12. The molecule has 0 amide bonds. The van der Waals surface area contributed by atoms with Crippen molar-refractivity contribution in [2.24, 2.45) is 0 Å². The molecule has 0 saturated heterocycles. The van der Waals surface area contributed by atoms with E-state index in [1.807, 2.05) is 18.2 Å². The molecule has 0 aliphatic heterocycles. The van der Waals surface area contributed by atoms with Crippen molar-refractivity contribution < 1.29 is 4.74 Å². The molecular weight excluding hydrogens is 306 g/mol. The normalized spacial score (nSPS) is 9.74. The minimum Gasteiger partial charge on any atom is -0.495 e. The predicted molar refractivity (Wildman–Crippen MR) is 77.0 cm³/mol. The molecule has 2 aromatic rings. The van der Waals surface area contributed by atoms with Crippen LogP contribution in [0.3, 0.4) is 0 Å². The van der Waals surface area contributed by atoms with Gasteiger partial charge in [-0.1, -0.05) is 6.07 Å². The Morgan fingerprint density at radius 1 is 1.37 bits per heavy atom. The molecule has 2 rings (SSSR count). The molecule has 0 aliphatic carbocycles. The Hall–Kier alpha value is -2.06. The van der Waals surface area contributed by atoms with E-state index in [1.165, 1.54) is 0 Å². The Labute approximate surface area is 120 Å². The van der Waals surface area contributed by atoms with E-state index in [1.54, 1.807) is 25.4 Å². The monoisotopic (exact) mass is 317 g/mol. The molecule has 19 heavy (non-hydrogen) atoms. The van der Waals surface area contributed by atoms with Crippen molar-refractivity contribution in [2.75, 3.05) is 12.4 Å². The first-order valence-electron chi connectivity index (χ1n) is 5.66. The van der Waals surface area contributed by atoms with Crippen LogP contribution in [-0.4, -0.2) is 12.1 Å². The fraction of sp³-hybridized carbons (Fsp3) is 0.143. The number of ether oxygens (including phenoxy) is 1. The highest BCUT2D eigenvalue weighted by Gasteiger charge is 2.08. The average Bonchev–Trinajstić information content (AvgIpc) is 2.46. The first-order valence-corrected chi connectivity index (χ1v) is 6.45. The standard InChI is InChI=1S/C14H12BrN3O/c1-19-13-4-2-3-10(7-16)14(13)18-9-12-6-5-11(15)8-17-12/h2-6,8,18H,9H2,1H3. The Kier molecular flexibility index (Phi) is 4.37. The summed E-state index contributed by atoms with van der Waals surface area (Å²) in [6, 6.07) is 11.3. The summed E-state index contributed by atoms with van der Waals surface area (Å²) in [5.41, 5.74) is 2.13. The van der Waals surface area contributed by atoms with Gasteiger partial charge in [0, 0.05) is 10.7 Å². The van der Waals surface area contributed by atoms with Crippen molar-refractivity contribution in [3.8, 4) is 11.8 Å². The summed E-state index contributed by atoms with van der Waals surface area (Å²) in [6.45, 7) is 0.530. The zero-order valence-electron chi connectivity index (χ0n) is 10.4. The van der Waals surface area contributed by atoms with Gasteiger partial charge in [0.25, 0.3) is 0 Å². The molecule has 1 aromatic carbocycles. The number of benzene rings is 1. The van der Waals surface area contributed by atoms with Gasteiger partial charge in [0.1, 0.15) is 11.8 Å². The molecule has 0 saturated carbocycles. The van der Waals surface area contributed by atoms with Crippen molar-refractivity contribution in [1.29, 1.82) is 5.26 Å². The van der Waals surface area contributed by atoms with Crippen LogP contribution in [0.15, 0.2) is 41.0 Å². The number of rotatable bonds is 4. The number of anilines is 1. The maximum absolute atomic E-state index is 9.10. The van der Waals surface area contributed by atoms with Crippen LogP contribution in [-0.2, 0) is 6.54 Å². The van der Waals surface area contributed by atoms with Crippen molar-refractivity contribution >= 4 is 21.6 Å². The van der Waals surface area contributed by atoms with Crippen LogP contribution in [0.1, 0.15) is 11.3 Å². The van der Waals surface area contributed by atoms with E-state index >= 15 is 0 Å². The highest BCUT2D eigenvalue weighted by Crippen LogP contribution is 2.28. The smallest absolute Gasteiger partial charge is 0.143 e. The third kappa shape index (κ3) is 3.24. The third-order valence-corrected chi connectivity index (χ3v) is 3.07. The molecule has 5 heteroatoms. The summed E-state index contributed by atoms with van der Waals surface area (Å²) >= 11 is 3.34. The zero-order valence-corrected chi connectivity index (χ0v) is 11.9. The van der Waals surface area contributed by atoms with Gasteiger partial charge < -0.3 is 10.1 Å². The summed E-state index contributed by atoms with van der Waals surface area (Å²) < 4.78 is 6.19. The van der Waals surface area contributed by atoms with Gasteiger partial charge in [0.15, 0.2) is 0 Å². The first-order chi connectivity index (χ1) is 9.24. The van der Waals surface area contributed by atoms with Crippen LogP contribution in [0.2, 0.25) is 0 Å². The van der Waals surface area contributed by atoms with E-state index in [-0.39, 0.29) is 0 Å². The maximum Gasteiger partial charge on any atom is 0.143 e. The number of aromatic nitrogens is 1. The molecule has 0 radical (unpaired) electrons. The molecule has 4 nitrogen and oxygen atoms in total. The van der Waals surface area contributed by atoms with Crippen LogP contribution >= 0.6 is 15.9 Å². The SMILES string of the molecule is COc1cccc(C#N)c1NCc1ccc(Br)cn1. The fourth-order valence-corrected chi connectivity index (χ4v) is 1.90. The van der Waals surface area contributed by atoms with E-state index in [0.29, 0.717) is 23.5 Å². The second-order valence-electron chi connectivity index (χ2n) is 3.82. The first kappa shape index (κ1) is 13.4. The highest BCUT2D eigenvalue weighted by molar-refractivity contribution is 9.10. The molecular formula is C14H12BrN3O. The second kappa shape index (κ2) is 6.21. The second-order valence-corrected chi connectivity index (χ2v) is 4.73. The minimum absolute atomic E-state index is 0.530. The number of methoxy groups -OCH3 is 1. The van der Waals surface area contributed by atoms with Gasteiger partial charge in [-0.3, -0.25) is 4.98 Å². The lowest BCUT2D eigenvalue weighted by molar-refractivity contribution is 0.416. The predicted octanol–water partition coefficient (Wildman–Crippen LogP) is 3.34. The minimum atomic E-state index is 0.530. The van der Waals surface area contributed by atoms with Gasteiger partial charge in [-0.05, 0) is 40.2 Å². The molecule has 0 unspecified atom stereocenters. The molecule has 0 bridgehead atoms. The van der Waals surface area contributed by atoms with E-state index in [4.69, 9.17) is 10.00 Å². The Balaban J connectivity index is 2.19. The fourth-order valence-electron chi connectivity index (χ4n) is 1.67. The van der Waals surface area contributed by atoms with E-state index in [9.17, 15) is 0 Å². The van der Waals surface area contributed by atoms with Gasteiger partial charge in [0.2, 0.25) is 0 Å². The van der Waals surface area contributed by atoms with E-state index in [0.717, 1.165) is 10.2 Å². The Morgan fingerprint density at radius 3 is 2.84 bits per heavy atom. The van der Waals surface area contributed by atoms with Gasteiger partial charge in [0.05, 0.1) is 30.6 Å². The molecule has 0 fully saturated rings. The van der Waals surface area contributed by atoms with Crippen molar-refractivity contribution in [1.82, 2.24) is 4.98 Å². The van der Waals surface area contributed by atoms with Gasteiger partial charge in [-0.15, -0.1) is 0 Å². The number of nitrogens with zero attached hydrogens (tertiary/aromatic N) is 2. The molecule has 1 aromatic heterocycles. The summed E-state index contributed by atoms with van der Waals surface area (Å²) in [4.78, 5) is 4.27. The molecule has 1 heterocycles. The molecule has 1 N–H and O–H groups in total. The van der Waals surface area contributed by atoms with Crippen LogP contribution in [0.25, 0.3) is 0 Å². The van der Waals surface area contributed by atoms with Crippen LogP contribution in [0.4, 0.5) is 5.69 Å². The largest absolute Gasteiger partial charge is 0.495 e. The lowest BCUT2D eigenvalue weighted by Crippen LogP contribution is -2.04. The van der Waals surface area contributed by atoms with Crippen molar-refractivity contribution in [3.05, 3.63) is 52.3 Å². The summed E-state index contributed by atoms with van der Waals surface area (Å²) in [6.07, 6.45) is 1.74. The van der Waals surface area contributed by atoms with Crippen LogP contribution < -0.4 is 10.1 Å². The summed E-state index contributed by atoms with van der Waals surface area (Å²) in [5, 5.41) is 12.3. The molecule has 0 aliphatic rings. The lowest BCUT2D eigenvalue weighted by atomic mass is 10.1. The highest BCUT2D eigenvalue weighted by atomic mass is 79.9. The van der Waals surface area contributed by atoms with Crippen molar-refractivity contribution in [3.63, 3.8) is 0 Å². The number of halogens is 1. The van der Waals surface area contributed by atoms with Crippen LogP contribution in [0.5, 0.6) is 5.75 Å². The van der Waals surface area contributed by atoms with E-state index < -0.39 is 0 Å². The quantitative estimate of drug-likeness (QED) is 0.939. The molecule has 0 atom stereocenters. The average molecular weight is 318 g/mol. The Morgan fingerprint density at radius 2 is 2.21 bits per heavy atom. The van der Waals surface area contributed by atoms with Gasteiger partial charge >= 0.3 is 0 Å². The summed E-state index contributed by atoms with van der Waals surface area (Å²) in [5.74, 6) is 0.649.